The molecule has 0 spiro atoms. The summed E-state index contributed by atoms with van der Waals surface area (Å²) < 4.78 is 0.423. The van der Waals surface area contributed by atoms with Gasteiger partial charge in [-0.25, -0.2) is 0 Å². The number of aryl methyl sites for hydroxylation is 1. The van der Waals surface area contributed by atoms with Crippen molar-refractivity contribution >= 4 is 12.2 Å². The van der Waals surface area contributed by atoms with E-state index in [2.05, 4.69) is 16.9 Å². The Morgan fingerprint density at radius 3 is 2.57 bits per heavy atom. The molecule has 1 rings (SSSR count). The maximum atomic E-state index is 11.6. The molecule has 0 saturated carbocycles. The predicted molar refractivity (Wildman–Crippen MR) is 60.2 cm³/mol. The molecule has 0 radical (unpaired) electrons. The van der Waals surface area contributed by atoms with E-state index < -0.39 is 0 Å². The highest BCUT2D eigenvalue weighted by molar-refractivity contribution is 7.71. The third-order valence-corrected chi connectivity index (χ3v) is 2.47. The Labute approximate surface area is 88.6 Å². The molecule has 0 fully saturated rings. The molecule has 3 nitrogen and oxygen atoms in total. The second-order valence-corrected chi connectivity index (χ2v) is 3.73. The number of aromatic nitrogens is 2. The topological polar surface area (TPSA) is 48.6 Å². The van der Waals surface area contributed by atoms with Gasteiger partial charge in [-0.3, -0.25) is 9.78 Å². The van der Waals surface area contributed by atoms with E-state index in [9.17, 15) is 4.79 Å². The molecule has 0 amide bonds. The van der Waals surface area contributed by atoms with Crippen LogP contribution in [0.15, 0.2) is 4.79 Å². The molecule has 1 aromatic heterocycles. The summed E-state index contributed by atoms with van der Waals surface area (Å²) in [5.74, 6) is 0. The SMILES string of the molecule is CCCCc1c(CC)[nH]c(=S)[nH]c1=O. The lowest BCUT2D eigenvalue weighted by atomic mass is 10.1. The first kappa shape index (κ1) is 11.2. The van der Waals surface area contributed by atoms with Gasteiger partial charge in [0.2, 0.25) is 0 Å². The van der Waals surface area contributed by atoms with E-state index in [1.807, 2.05) is 6.92 Å². The van der Waals surface area contributed by atoms with Gasteiger partial charge in [-0.1, -0.05) is 20.3 Å². The summed E-state index contributed by atoms with van der Waals surface area (Å²) in [6.07, 6.45) is 3.80. The van der Waals surface area contributed by atoms with Gasteiger partial charge in [0.05, 0.1) is 0 Å². The Bertz CT molecular complexity index is 405. The van der Waals surface area contributed by atoms with Crippen LogP contribution in [0, 0.1) is 4.77 Å². The van der Waals surface area contributed by atoms with E-state index in [-0.39, 0.29) is 5.56 Å². The second-order valence-electron chi connectivity index (χ2n) is 3.32. The zero-order valence-electron chi connectivity index (χ0n) is 8.64. The van der Waals surface area contributed by atoms with Crippen molar-refractivity contribution in [2.24, 2.45) is 0 Å². The molecular formula is C10H16N2OS. The van der Waals surface area contributed by atoms with Crippen molar-refractivity contribution in [1.82, 2.24) is 9.97 Å². The quantitative estimate of drug-likeness (QED) is 0.753. The molecule has 4 heteroatoms. The minimum absolute atomic E-state index is 0.0287. The molecule has 14 heavy (non-hydrogen) atoms. The van der Waals surface area contributed by atoms with Crippen molar-refractivity contribution in [2.75, 3.05) is 0 Å². The van der Waals surface area contributed by atoms with Gasteiger partial charge in [-0.15, -0.1) is 0 Å². The van der Waals surface area contributed by atoms with Crippen LogP contribution < -0.4 is 5.56 Å². The fourth-order valence-corrected chi connectivity index (χ4v) is 1.69. The second kappa shape index (κ2) is 5.10. The van der Waals surface area contributed by atoms with Gasteiger partial charge in [0, 0.05) is 11.3 Å². The standard InChI is InChI=1S/C10H16N2OS/c1-3-5-6-7-8(4-2)11-10(14)12-9(7)13/h3-6H2,1-2H3,(H2,11,12,13,14). The molecule has 0 unspecified atom stereocenters. The van der Waals surface area contributed by atoms with Crippen LogP contribution in [0.25, 0.3) is 0 Å². The zero-order chi connectivity index (χ0) is 10.6. The first-order valence-electron chi connectivity index (χ1n) is 5.03. The van der Waals surface area contributed by atoms with Crippen molar-refractivity contribution < 1.29 is 0 Å². The molecule has 0 aliphatic heterocycles. The molecule has 78 valence electrons. The number of unbranched alkanes of at least 4 members (excludes halogenated alkanes) is 1. The van der Waals surface area contributed by atoms with E-state index in [4.69, 9.17) is 12.2 Å². The number of hydrogen-bond donors (Lipinski definition) is 2. The number of aromatic amines is 2. The Kier molecular flexibility index (Phi) is 4.07. The summed E-state index contributed by atoms with van der Waals surface area (Å²) in [6.45, 7) is 4.14. The first-order chi connectivity index (χ1) is 6.69. The molecule has 1 aromatic rings. The molecule has 0 aliphatic rings. The summed E-state index contributed by atoms with van der Waals surface area (Å²) in [4.78, 5) is 17.2. The van der Waals surface area contributed by atoms with Crippen molar-refractivity contribution in [1.29, 1.82) is 0 Å². The molecule has 0 aromatic carbocycles. The highest BCUT2D eigenvalue weighted by Crippen LogP contribution is 2.05. The van der Waals surface area contributed by atoms with E-state index >= 15 is 0 Å². The molecule has 0 atom stereocenters. The van der Waals surface area contributed by atoms with Gasteiger partial charge in [0.15, 0.2) is 4.77 Å². The van der Waals surface area contributed by atoms with Crippen LogP contribution in [0.3, 0.4) is 0 Å². The van der Waals surface area contributed by atoms with Gasteiger partial charge in [-0.05, 0) is 31.5 Å². The van der Waals surface area contributed by atoms with Crippen LogP contribution >= 0.6 is 12.2 Å². The highest BCUT2D eigenvalue weighted by Gasteiger charge is 2.05. The third-order valence-electron chi connectivity index (χ3n) is 2.26. The number of rotatable bonds is 4. The average Bonchev–Trinajstić information content (AvgIpc) is 2.15. The maximum absolute atomic E-state index is 11.6. The highest BCUT2D eigenvalue weighted by atomic mass is 32.1. The maximum Gasteiger partial charge on any atom is 0.255 e. The molecule has 1 heterocycles. The molecular weight excluding hydrogens is 196 g/mol. The van der Waals surface area contributed by atoms with Gasteiger partial charge in [0.1, 0.15) is 0 Å². The lowest BCUT2D eigenvalue weighted by molar-refractivity contribution is 0.763. The van der Waals surface area contributed by atoms with Crippen LogP contribution in [0.4, 0.5) is 0 Å². The Morgan fingerprint density at radius 1 is 1.29 bits per heavy atom. The molecule has 2 N–H and O–H groups in total. The van der Waals surface area contributed by atoms with Gasteiger partial charge in [0.25, 0.3) is 5.56 Å². The first-order valence-corrected chi connectivity index (χ1v) is 5.44. The minimum Gasteiger partial charge on any atom is -0.336 e. The van der Waals surface area contributed by atoms with Crippen LogP contribution in [-0.2, 0) is 12.8 Å². The summed E-state index contributed by atoms with van der Waals surface area (Å²) in [7, 11) is 0. The van der Waals surface area contributed by atoms with Crippen LogP contribution in [0.5, 0.6) is 0 Å². The van der Waals surface area contributed by atoms with Crippen molar-refractivity contribution in [3.8, 4) is 0 Å². The normalized spacial score (nSPS) is 10.4. The Balaban J connectivity index is 3.12. The lowest BCUT2D eigenvalue weighted by Gasteiger charge is -2.05. The monoisotopic (exact) mass is 212 g/mol. The van der Waals surface area contributed by atoms with E-state index in [0.29, 0.717) is 4.77 Å². The molecule has 0 bridgehead atoms. The minimum atomic E-state index is -0.0287. The fourth-order valence-electron chi connectivity index (χ4n) is 1.48. The Hall–Kier alpha value is -0.900. The van der Waals surface area contributed by atoms with Crippen LogP contribution in [0.1, 0.15) is 37.9 Å². The number of hydrogen-bond acceptors (Lipinski definition) is 2. The zero-order valence-corrected chi connectivity index (χ0v) is 9.46. The summed E-state index contributed by atoms with van der Waals surface area (Å²) in [5, 5.41) is 0. The van der Waals surface area contributed by atoms with Crippen LogP contribution in [-0.4, -0.2) is 9.97 Å². The molecule has 0 aliphatic carbocycles. The van der Waals surface area contributed by atoms with Gasteiger partial charge >= 0.3 is 0 Å². The smallest absolute Gasteiger partial charge is 0.255 e. The summed E-state index contributed by atoms with van der Waals surface area (Å²) >= 11 is 4.91. The van der Waals surface area contributed by atoms with Crippen molar-refractivity contribution in [3.63, 3.8) is 0 Å². The number of nitrogens with one attached hydrogen (secondary N) is 2. The predicted octanol–water partition coefficient (Wildman–Crippen LogP) is 2.34. The van der Waals surface area contributed by atoms with Crippen molar-refractivity contribution in [2.45, 2.75) is 39.5 Å². The summed E-state index contributed by atoms with van der Waals surface area (Å²) in [6, 6.07) is 0. The lowest BCUT2D eigenvalue weighted by Crippen LogP contribution is -2.17. The fraction of sp³-hybridized carbons (Fsp3) is 0.600. The molecule has 0 saturated heterocycles. The van der Waals surface area contributed by atoms with E-state index in [1.54, 1.807) is 0 Å². The number of H-pyrrole nitrogens is 2. The van der Waals surface area contributed by atoms with Crippen LogP contribution in [0.2, 0.25) is 0 Å². The largest absolute Gasteiger partial charge is 0.336 e. The summed E-state index contributed by atoms with van der Waals surface area (Å²) in [5.41, 5.74) is 1.81. The van der Waals surface area contributed by atoms with E-state index in [1.165, 1.54) is 0 Å². The van der Waals surface area contributed by atoms with Crippen molar-refractivity contribution in [3.05, 3.63) is 26.4 Å². The van der Waals surface area contributed by atoms with Gasteiger partial charge < -0.3 is 4.98 Å². The Morgan fingerprint density at radius 2 is 2.00 bits per heavy atom. The average molecular weight is 212 g/mol. The van der Waals surface area contributed by atoms with Gasteiger partial charge in [-0.2, -0.15) is 0 Å². The third kappa shape index (κ3) is 2.54. The van der Waals surface area contributed by atoms with E-state index in [0.717, 1.165) is 36.9 Å².